The Bertz CT molecular complexity index is 1240. The van der Waals surface area contributed by atoms with Crippen LogP contribution in [0.5, 0.6) is 0 Å². The fourth-order valence-corrected chi connectivity index (χ4v) is 4.91. The Labute approximate surface area is 192 Å². The number of thioether (sulfide) groups is 1. The molecule has 0 aliphatic rings. The Kier molecular flexibility index (Phi) is 6.41. The number of anilines is 1. The summed E-state index contributed by atoms with van der Waals surface area (Å²) in [7, 11) is 1.89. The molecule has 0 spiro atoms. The third-order valence-electron chi connectivity index (χ3n) is 4.65. The lowest BCUT2D eigenvalue weighted by Crippen LogP contribution is -2.14. The Morgan fingerprint density at radius 3 is 2.74 bits per heavy atom. The number of nitrogens with zero attached hydrogens (tertiary/aromatic N) is 3. The van der Waals surface area contributed by atoms with Crippen LogP contribution in [0.3, 0.4) is 0 Å². The van der Waals surface area contributed by atoms with E-state index in [0.29, 0.717) is 10.8 Å². The number of hydrogen-bond donors (Lipinski definition) is 1. The summed E-state index contributed by atoms with van der Waals surface area (Å²) in [5.74, 6) is 0.110. The van der Waals surface area contributed by atoms with Crippen LogP contribution in [0.2, 0.25) is 5.02 Å². The van der Waals surface area contributed by atoms with Gasteiger partial charge < -0.3 is 9.88 Å². The van der Waals surface area contributed by atoms with Gasteiger partial charge in [-0.1, -0.05) is 53.7 Å². The van der Waals surface area contributed by atoms with Crippen LogP contribution >= 0.6 is 34.7 Å². The zero-order valence-corrected chi connectivity index (χ0v) is 19.1. The lowest BCUT2D eigenvalue weighted by molar-refractivity contribution is -0.113. The highest BCUT2D eigenvalue weighted by Crippen LogP contribution is 2.38. The van der Waals surface area contributed by atoms with Gasteiger partial charge >= 0.3 is 0 Å². The Hall–Kier alpha value is -2.68. The molecular formula is C22H18ClFN4OS2. The van der Waals surface area contributed by atoms with Gasteiger partial charge in [0.1, 0.15) is 5.82 Å². The summed E-state index contributed by atoms with van der Waals surface area (Å²) in [5, 5.41) is 14.0. The maximum atomic E-state index is 13.3. The summed E-state index contributed by atoms with van der Waals surface area (Å²) in [6, 6.07) is 14.2. The van der Waals surface area contributed by atoms with E-state index in [2.05, 4.69) is 40.0 Å². The van der Waals surface area contributed by atoms with Crippen molar-refractivity contribution in [2.24, 2.45) is 7.05 Å². The van der Waals surface area contributed by atoms with E-state index in [1.54, 1.807) is 11.3 Å². The minimum Gasteiger partial charge on any atom is -0.325 e. The van der Waals surface area contributed by atoms with Crippen molar-refractivity contribution in [1.82, 2.24) is 14.8 Å². The molecule has 2 heterocycles. The zero-order valence-electron chi connectivity index (χ0n) is 16.7. The van der Waals surface area contributed by atoms with Crippen LogP contribution in [-0.4, -0.2) is 26.4 Å². The minimum atomic E-state index is -0.529. The Morgan fingerprint density at radius 1 is 1.23 bits per heavy atom. The quantitative estimate of drug-likeness (QED) is 0.347. The predicted octanol–water partition coefficient (Wildman–Crippen LogP) is 6.04. The van der Waals surface area contributed by atoms with E-state index in [9.17, 15) is 9.18 Å². The first-order chi connectivity index (χ1) is 14.9. The molecule has 2 aromatic carbocycles. The van der Waals surface area contributed by atoms with E-state index in [-0.39, 0.29) is 16.7 Å². The second-order valence-corrected chi connectivity index (χ2v) is 9.21. The number of aromatic nitrogens is 3. The van der Waals surface area contributed by atoms with Crippen LogP contribution in [0.15, 0.2) is 59.1 Å². The standard InChI is InChI=1S/C22H18ClFN4OS2/c1-13-20(14-6-4-3-5-7-14)16(11-30-13)21-26-27-22(28(21)2)31-12-19(29)25-15-8-9-18(24)17(23)10-15/h3-11H,12H2,1-2H3,(H,25,29). The highest BCUT2D eigenvalue weighted by atomic mass is 35.5. The molecule has 0 fully saturated rings. The smallest absolute Gasteiger partial charge is 0.234 e. The molecule has 0 saturated carbocycles. The van der Waals surface area contributed by atoms with Gasteiger partial charge in [-0.05, 0) is 30.7 Å². The van der Waals surface area contributed by atoms with E-state index < -0.39 is 5.82 Å². The fourth-order valence-electron chi connectivity index (χ4n) is 3.16. The molecule has 0 saturated heterocycles. The van der Waals surface area contributed by atoms with E-state index in [0.717, 1.165) is 22.5 Å². The normalized spacial score (nSPS) is 11.0. The molecule has 0 radical (unpaired) electrons. The molecule has 9 heteroatoms. The number of thiophene rings is 1. The van der Waals surface area contributed by atoms with E-state index in [1.165, 1.54) is 34.8 Å². The largest absolute Gasteiger partial charge is 0.325 e. The molecule has 0 atom stereocenters. The summed E-state index contributed by atoms with van der Waals surface area (Å²) in [5.41, 5.74) is 3.73. The molecule has 0 bridgehead atoms. The maximum Gasteiger partial charge on any atom is 0.234 e. The molecule has 158 valence electrons. The van der Waals surface area contributed by atoms with Crippen molar-refractivity contribution in [3.63, 3.8) is 0 Å². The topological polar surface area (TPSA) is 59.8 Å². The van der Waals surface area contributed by atoms with Gasteiger partial charge in [-0.25, -0.2) is 4.39 Å². The van der Waals surface area contributed by atoms with Crippen molar-refractivity contribution < 1.29 is 9.18 Å². The minimum absolute atomic E-state index is 0.0383. The molecule has 4 rings (SSSR count). The molecule has 4 aromatic rings. The number of hydrogen-bond acceptors (Lipinski definition) is 5. The number of halogens is 2. The van der Waals surface area contributed by atoms with Crippen LogP contribution < -0.4 is 5.32 Å². The molecule has 31 heavy (non-hydrogen) atoms. The first-order valence-electron chi connectivity index (χ1n) is 9.35. The first-order valence-corrected chi connectivity index (χ1v) is 11.6. The van der Waals surface area contributed by atoms with Crippen LogP contribution in [0.25, 0.3) is 22.5 Å². The summed E-state index contributed by atoms with van der Waals surface area (Å²) in [6.07, 6.45) is 0. The van der Waals surface area contributed by atoms with Gasteiger partial charge in [0, 0.05) is 34.1 Å². The number of benzene rings is 2. The fraction of sp³-hybridized carbons (Fsp3) is 0.136. The number of carbonyl (C=O) groups is 1. The van der Waals surface area contributed by atoms with Gasteiger partial charge in [0.2, 0.25) is 5.91 Å². The first kappa shape index (κ1) is 21.5. The highest BCUT2D eigenvalue weighted by molar-refractivity contribution is 7.99. The summed E-state index contributed by atoms with van der Waals surface area (Å²) >= 11 is 8.71. The predicted molar refractivity (Wildman–Crippen MR) is 125 cm³/mol. The van der Waals surface area contributed by atoms with Gasteiger partial charge in [-0.15, -0.1) is 21.5 Å². The van der Waals surface area contributed by atoms with Crippen LogP contribution in [0, 0.1) is 12.7 Å². The molecular weight excluding hydrogens is 455 g/mol. The highest BCUT2D eigenvalue weighted by Gasteiger charge is 2.19. The van der Waals surface area contributed by atoms with E-state index >= 15 is 0 Å². The SMILES string of the molecule is Cc1scc(-c2nnc(SCC(=O)Nc3ccc(F)c(Cl)c3)n2C)c1-c1ccccc1. The molecule has 1 N–H and O–H groups in total. The molecule has 5 nitrogen and oxygen atoms in total. The number of rotatable bonds is 6. The zero-order chi connectivity index (χ0) is 22.0. The van der Waals surface area contributed by atoms with Crippen molar-refractivity contribution in [3.8, 4) is 22.5 Å². The molecule has 0 unspecified atom stereocenters. The molecule has 0 aliphatic carbocycles. The molecule has 1 amide bonds. The number of nitrogens with one attached hydrogen (secondary N) is 1. The van der Waals surface area contributed by atoms with Crippen molar-refractivity contribution in [3.05, 3.63) is 69.6 Å². The second kappa shape index (κ2) is 9.21. The van der Waals surface area contributed by atoms with Crippen molar-refractivity contribution in [1.29, 1.82) is 0 Å². The van der Waals surface area contributed by atoms with Gasteiger partial charge in [-0.2, -0.15) is 0 Å². The number of carbonyl (C=O) groups excluding carboxylic acids is 1. The van der Waals surface area contributed by atoms with Crippen LogP contribution in [0.1, 0.15) is 4.88 Å². The van der Waals surface area contributed by atoms with E-state index in [4.69, 9.17) is 11.6 Å². The van der Waals surface area contributed by atoms with Crippen molar-refractivity contribution in [2.75, 3.05) is 11.1 Å². The van der Waals surface area contributed by atoms with Gasteiger partial charge in [0.15, 0.2) is 11.0 Å². The van der Waals surface area contributed by atoms with Gasteiger partial charge in [-0.3, -0.25) is 4.79 Å². The average Bonchev–Trinajstić information content (AvgIpc) is 3.32. The third-order valence-corrected chi connectivity index (χ3v) is 6.87. The van der Waals surface area contributed by atoms with Gasteiger partial charge in [0.05, 0.1) is 10.8 Å². The van der Waals surface area contributed by atoms with Crippen LogP contribution in [0.4, 0.5) is 10.1 Å². The molecule has 0 aliphatic heterocycles. The van der Waals surface area contributed by atoms with Crippen molar-refractivity contribution >= 4 is 46.3 Å². The lowest BCUT2D eigenvalue weighted by Gasteiger charge is -2.08. The average molecular weight is 473 g/mol. The summed E-state index contributed by atoms with van der Waals surface area (Å²) < 4.78 is 15.2. The van der Waals surface area contributed by atoms with E-state index in [1.807, 2.05) is 29.8 Å². The summed E-state index contributed by atoms with van der Waals surface area (Å²) in [4.78, 5) is 13.5. The van der Waals surface area contributed by atoms with Crippen molar-refractivity contribution in [2.45, 2.75) is 12.1 Å². The Balaban J connectivity index is 1.49. The summed E-state index contributed by atoms with van der Waals surface area (Å²) in [6.45, 7) is 2.09. The molecule has 2 aromatic heterocycles. The van der Waals surface area contributed by atoms with Crippen LogP contribution in [-0.2, 0) is 11.8 Å². The number of aryl methyl sites for hydroxylation is 1. The van der Waals surface area contributed by atoms with Gasteiger partial charge in [0.25, 0.3) is 0 Å². The maximum absolute atomic E-state index is 13.3. The lowest BCUT2D eigenvalue weighted by atomic mass is 10.0. The number of amides is 1. The second-order valence-electron chi connectivity index (χ2n) is 6.78. The Morgan fingerprint density at radius 2 is 2.00 bits per heavy atom. The third kappa shape index (κ3) is 4.66. The monoisotopic (exact) mass is 472 g/mol.